The van der Waals surface area contributed by atoms with Gasteiger partial charge in [0.15, 0.2) is 12.4 Å². The van der Waals surface area contributed by atoms with Crippen molar-refractivity contribution in [2.75, 3.05) is 13.7 Å². The van der Waals surface area contributed by atoms with E-state index in [1.54, 1.807) is 12.2 Å². The monoisotopic (exact) mass is 454 g/mol. The molecule has 0 saturated carbocycles. The fourth-order valence-electron chi connectivity index (χ4n) is 2.80. The Balaban J connectivity index is 2.22. The van der Waals surface area contributed by atoms with Gasteiger partial charge in [0.05, 0.1) is 12.7 Å². The van der Waals surface area contributed by atoms with Crippen LogP contribution in [-0.4, -0.2) is 70.4 Å². The lowest BCUT2D eigenvalue weighted by Crippen LogP contribution is -2.60. The summed E-state index contributed by atoms with van der Waals surface area (Å²) in [6.45, 7) is 1.47. The summed E-state index contributed by atoms with van der Waals surface area (Å²) in [7, 11) is -8.94. The van der Waals surface area contributed by atoms with Crippen molar-refractivity contribution in [2.24, 2.45) is 0 Å². The molecular weight excluding hydrogens is 432 g/mol. The summed E-state index contributed by atoms with van der Waals surface area (Å²) in [4.78, 5) is 0. The van der Waals surface area contributed by atoms with E-state index in [0.29, 0.717) is 0 Å². The van der Waals surface area contributed by atoms with Crippen molar-refractivity contribution < 1.29 is 48.5 Å². The molecule has 0 spiro atoms. The Morgan fingerprint density at radius 2 is 1.59 bits per heavy atom. The SMILES string of the molecule is CO[C@@H]1O[C@@H](C)[C@H](OC/C=C/c2ccccc2)[C@@H](OS(=O)(=O)O)[C@H]1OS(=O)(=O)O. The first-order valence-electron chi connectivity index (χ1n) is 8.33. The molecule has 1 saturated heterocycles. The van der Waals surface area contributed by atoms with Gasteiger partial charge in [-0.25, -0.2) is 8.37 Å². The number of benzene rings is 1. The first kappa shape index (κ1) is 23.9. The Morgan fingerprint density at radius 3 is 2.14 bits per heavy atom. The second-order valence-corrected chi connectivity index (χ2v) is 8.13. The van der Waals surface area contributed by atoms with Crippen LogP contribution < -0.4 is 0 Å². The Hall–Kier alpha value is -1.42. The number of hydrogen-bond acceptors (Lipinski definition) is 9. The molecule has 1 heterocycles. The van der Waals surface area contributed by atoms with Crippen LogP contribution in [0.2, 0.25) is 0 Å². The maximum absolute atomic E-state index is 11.3. The molecule has 29 heavy (non-hydrogen) atoms. The number of hydrogen-bond donors (Lipinski definition) is 2. The molecule has 164 valence electrons. The lowest BCUT2D eigenvalue weighted by molar-refractivity contribution is -0.281. The van der Waals surface area contributed by atoms with Gasteiger partial charge < -0.3 is 14.2 Å². The third kappa shape index (κ3) is 7.73. The molecule has 5 atom stereocenters. The predicted molar refractivity (Wildman–Crippen MR) is 99.4 cm³/mol. The van der Waals surface area contributed by atoms with Crippen LogP contribution in [0.3, 0.4) is 0 Å². The third-order valence-electron chi connectivity index (χ3n) is 3.92. The Morgan fingerprint density at radius 1 is 1.00 bits per heavy atom. The highest BCUT2D eigenvalue weighted by Crippen LogP contribution is 2.30. The maximum Gasteiger partial charge on any atom is 0.397 e. The van der Waals surface area contributed by atoms with Crippen LogP contribution in [0, 0.1) is 0 Å². The summed E-state index contributed by atoms with van der Waals surface area (Å²) in [6, 6.07) is 9.25. The van der Waals surface area contributed by atoms with Crippen LogP contribution in [0.4, 0.5) is 0 Å². The van der Waals surface area contributed by atoms with Crippen molar-refractivity contribution in [1.29, 1.82) is 0 Å². The maximum atomic E-state index is 11.3. The van der Waals surface area contributed by atoms with Gasteiger partial charge in [-0.1, -0.05) is 42.5 Å². The van der Waals surface area contributed by atoms with Gasteiger partial charge in [-0.3, -0.25) is 9.11 Å². The van der Waals surface area contributed by atoms with Gasteiger partial charge in [0, 0.05) is 7.11 Å². The van der Waals surface area contributed by atoms with Crippen LogP contribution in [0.15, 0.2) is 36.4 Å². The lowest BCUT2D eigenvalue weighted by Gasteiger charge is -2.42. The minimum Gasteiger partial charge on any atom is -0.369 e. The second kappa shape index (κ2) is 10.1. The normalized spacial score (nSPS) is 28.6. The first-order chi connectivity index (χ1) is 13.5. The smallest absolute Gasteiger partial charge is 0.369 e. The molecule has 2 rings (SSSR count). The van der Waals surface area contributed by atoms with E-state index in [0.717, 1.165) is 12.7 Å². The molecule has 1 aliphatic rings. The number of methoxy groups -OCH3 is 1. The molecule has 0 unspecified atom stereocenters. The van der Waals surface area contributed by atoms with Crippen LogP contribution in [0.1, 0.15) is 12.5 Å². The standard InChI is InChI=1S/C16H22O11S2/c1-11-13(24-10-6-9-12-7-4-3-5-8-12)14(26-28(17,18)19)15(16(23-2)25-11)27-29(20,21)22/h3-9,11,13-16H,10H2,1-2H3,(H,17,18,19)(H,20,21,22)/b9-6+/t11-,13-,14+,15+,16+/m0/s1. The molecule has 0 bridgehead atoms. The van der Waals surface area contributed by atoms with Gasteiger partial charge in [-0.05, 0) is 12.5 Å². The first-order valence-corrected chi connectivity index (χ1v) is 11.1. The molecule has 1 aromatic rings. The second-order valence-electron chi connectivity index (χ2n) is 6.03. The summed E-state index contributed by atoms with van der Waals surface area (Å²) >= 11 is 0. The molecule has 1 fully saturated rings. The molecule has 0 radical (unpaired) electrons. The van der Waals surface area contributed by atoms with Crippen LogP contribution in [-0.2, 0) is 43.4 Å². The van der Waals surface area contributed by atoms with Crippen molar-refractivity contribution >= 4 is 26.9 Å². The van der Waals surface area contributed by atoms with Gasteiger partial charge in [0.2, 0.25) is 0 Å². The average Bonchev–Trinajstić information content (AvgIpc) is 2.61. The van der Waals surface area contributed by atoms with Crippen LogP contribution in [0.5, 0.6) is 0 Å². The minimum absolute atomic E-state index is 0.0329. The van der Waals surface area contributed by atoms with Gasteiger partial charge in [-0.2, -0.15) is 16.8 Å². The summed E-state index contributed by atoms with van der Waals surface area (Å²) < 4.78 is 88.1. The van der Waals surface area contributed by atoms with Gasteiger partial charge in [0.25, 0.3) is 0 Å². The fraction of sp³-hybridized carbons (Fsp3) is 0.500. The summed E-state index contributed by atoms with van der Waals surface area (Å²) in [5, 5.41) is 0. The van der Waals surface area contributed by atoms with Crippen molar-refractivity contribution in [3.63, 3.8) is 0 Å². The van der Waals surface area contributed by atoms with Crippen molar-refractivity contribution in [2.45, 2.75) is 37.6 Å². The highest BCUT2D eigenvalue weighted by Gasteiger charge is 2.50. The minimum atomic E-state index is -5.04. The number of rotatable bonds is 9. The zero-order valence-electron chi connectivity index (χ0n) is 15.5. The van der Waals surface area contributed by atoms with E-state index in [-0.39, 0.29) is 6.61 Å². The molecule has 13 heteroatoms. The van der Waals surface area contributed by atoms with Gasteiger partial charge in [0.1, 0.15) is 12.2 Å². The van der Waals surface area contributed by atoms with Crippen molar-refractivity contribution in [3.05, 3.63) is 42.0 Å². The molecule has 0 aliphatic carbocycles. The molecule has 11 nitrogen and oxygen atoms in total. The van der Waals surface area contributed by atoms with E-state index in [1.165, 1.54) is 6.92 Å². The zero-order chi connectivity index (χ0) is 21.7. The molecule has 0 aromatic heterocycles. The Bertz CT molecular complexity index is 883. The molecule has 1 aliphatic heterocycles. The number of ether oxygens (including phenoxy) is 3. The molecule has 1 aromatic carbocycles. The van der Waals surface area contributed by atoms with Crippen molar-refractivity contribution in [1.82, 2.24) is 0 Å². The zero-order valence-corrected chi connectivity index (χ0v) is 17.2. The van der Waals surface area contributed by atoms with E-state index in [2.05, 4.69) is 8.37 Å². The van der Waals surface area contributed by atoms with Gasteiger partial charge in [-0.15, -0.1) is 0 Å². The molecule has 2 N–H and O–H groups in total. The van der Waals surface area contributed by atoms with Crippen LogP contribution >= 0.6 is 0 Å². The van der Waals surface area contributed by atoms with Gasteiger partial charge >= 0.3 is 20.8 Å². The molecular formula is C16H22O11S2. The third-order valence-corrected chi connectivity index (χ3v) is 4.85. The average molecular weight is 454 g/mol. The summed E-state index contributed by atoms with van der Waals surface area (Å²) in [5.74, 6) is 0. The molecule has 0 amide bonds. The van der Waals surface area contributed by atoms with E-state index >= 15 is 0 Å². The largest absolute Gasteiger partial charge is 0.397 e. The predicted octanol–water partition coefficient (Wildman–Crippen LogP) is 0.852. The lowest BCUT2D eigenvalue weighted by atomic mass is 10.00. The highest BCUT2D eigenvalue weighted by atomic mass is 32.3. The van der Waals surface area contributed by atoms with E-state index in [1.807, 2.05) is 30.3 Å². The Kier molecular flexibility index (Phi) is 8.28. The quantitative estimate of drug-likeness (QED) is 0.510. The summed E-state index contributed by atoms with van der Waals surface area (Å²) in [6.07, 6.45) is -3.58. The van der Waals surface area contributed by atoms with E-state index < -0.39 is 51.5 Å². The summed E-state index contributed by atoms with van der Waals surface area (Å²) in [5.41, 5.74) is 0.891. The van der Waals surface area contributed by atoms with Crippen molar-refractivity contribution in [3.8, 4) is 0 Å². The highest BCUT2D eigenvalue weighted by molar-refractivity contribution is 7.81. The fourth-order valence-corrected chi connectivity index (χ4v) is 3.78. The van der Waals surface area contributed by atoms with E-state index in [4.69, 9.17) is 23.3 Å². The van der Waals surface area contributed by atoms with E-state index in [9.17, 15) is 16.8 Å². The topological polar surface area (TPSA) is 155 Å². The Labute approximate surface area is 169 Å². The van der Waals surface area contributed by atoms with Crippen LogP contribution in [0.25, 0.3) is 6.08 Å².